The van der Waals surface area contributed by atoms with Crippen molar-refractivity contribution in [2.24, 2.45) is 17.8 Å². The lowest BCUT2D eigenvalue weighted by Gasteiger charge is -2.30. The zero-order valence-electron chi connectivity index (χ0n) is 21.1. The Morgan fingerprint density at radius 1 is 1.11 bits per heavy atom. The van der Waals surface area contributed by atoms with Gasteiger partial charge in [-0.15, -0.1) is 0 Å². The number of fused-ring (bicyclic) bond motifs is 3. The van der Waals surface area contributed by atoms with Crippen LogP contribution in [-0.2, 0) is 14.3 Å². The number of ether oxygens (including phenoxy) is 1. The van der Waals surface area contributed by atoms with Crippen LogP contribution in [0.2, 0.25) is 0 Å². The van der Waals surface area contributed by atoms with Crippen molar-refractivity contribution in [3.63, 3.8) is 0 Å². The minimum atomic E-state index is -1.68. The molecule has 7 nitrogen and oxygen atoms in total. The Morgan fingerprint density at radius 3 is 2.62 bits per heavy atom. The molecule has 3 aliphatic rings. The molecule has 2 aliphatic heterocycles. The van der Waals surface area contributed by atoms with Gasteiger partial charge in [0.1, 0.15) is 5.75 Å². The van der Waals surface area contributed by atoms with Crippen molar-refractivity contribution in [1.82, 2.24) is 0 Å². The first kappa shape index (κ1) is 25.5. The topological polar surface area (TPSA) is 107 Å². The number of carbonyl (C=O) groups excluding carboxylic acids is 2. The SMILES string of the molecule is CC/C(=C\c1ccccc1O)CC[C@H]1OC[C@H]2C1=C(C)C[C@H]1C(=O)N(c3cccc(B(O)O)c3)C(=O)[C@H]12. The summed E-state index contributed by atoms with van der Waals surface area (Å²) in [6.07, 6.45) is 4.90. The van der Waals surface area contributed by atoms with Crippen LogP contribution in [0.4, 0.5) is 5.69 Å². The second-order valence-corrected chi connectivity index (χ2v) is 10.2. The van der Waals surface area contributed by atoms with Crippen LogP contribution in [-0.4, -0.2) is 46.8 Å². The zero-order valence-corrected chi connectivity index (χ0v) is 21.1. The molecule has 0 spiro atoms. The molecule has 0 bridgehead atoms. The Labute approximate surface area is 217 Å². The van der Waals surface area contributed by atoms with E-state index in [9.17, 15) is 24.7 Å². The van der Waals surface area contributed by atoms with E-state index in [1.165, 1.54) is 16.5 Å². The molecule has 2 saturated heterocycles. The summed E-state index contributed by atoms with van der Waals surface area (Å²) in [5, 5.41) is 29.2. The molecule has 2 aromatic rings. The van der Waals surface area contributed by atoms with Gasteiger partial charge < -0.3 is 19.9 Å². The molecule has 8 heteroatoms. The van der Waals surface area contributed by atoms with Crippen molar-refractivity contribution >= 4 is 36.2 Å². The van der Waals surface area contributed by atoms with Crippen LogP contribution in [0, 0.1) is 17.8 Å². The minimum absolute atomic E-state index is 0.102. The van der Waals surface area contributed by atoms with E-state index in [0.717, 1.165) is 36.0 Å². The number of amides is 2. The van der Waals surface area contributed by atoms with E-state index in [-0.39, 0.29) is 35.0 Å². The number of benzene rings is 2. The molecule has 2 amide bonds. The number of anilines is 1. The molecule has 37 heavy (non-hydrogen) atoms. The summed E-state index contributed by atoms with van der Waals surface area (Å²) in [5.41, 5.74) is 4.89. The normalized spacial score (nSPS) is 25.5. The highest BCUT2D eigenvalue weighted by atomic mass is 16.5. The van der Waals surface area contributed by atoms with Crippen molar-refractivity contribution in [2.45, 2.75) is 45.6 Å². The highest BCUT2D eigenvalue weighted by Gasteiger charge is 2.56. The van der Waals surface area contributed by atoms with Gasteiger partial charge in [-0.25, -0.2) is 0 Å². The van der Waals surface area contributed by atoms with Crippen molar-refractivity contribution in [1.29, 1.82) is 0 Å². The van der Waals surface area contributed by atoms with E-state index < -0.39 is 19.0 Å². The van der Waals surface area contributed by atoms with Gasteiger partial charge in [0.2, 0.25) is 11.8 Å². The molecular formula is C29H32BNO6. The molecule has 2 aromatic carbocycles. The van der Waals surface area contributed by atoms with Crippen LogP contribution in [0.5, 0.6) is 5.75 Å². The van der Waals surface area contributed by atoms with Gasteiger partial charge in [0.25, 0.3) is 0 Å². The first-order chi connectivity index (χ1) is 17.8. The number of allylic oxidation sites excluding steroid dienone is 2. The predicted molar refractivity (Wildman–Crippen MR) is 142 cm³/mol. The first-order valence-corrected chi connectivity index (χ1v) is 12.9. The first-order valence-electron chi connectivity index (χ1n) is 12.9. The summed E-state index contributed by atoms with van der Waals surface area (Å²) < 4.78 is 6.24. The fourth-order valence-corrected chi connectivity index (χ4v) is 6.21. The third kappa shape index (κ3) is 4.65. The molecular weight excluding hydrogens is 469 g/mol. The molecule has 0 radical (unpaired) electrons. The number of nitrogens with zero attached hydrogens (tertiary/aromatic N) is 1. The summed E-state index contributed by atoms with van der Waals surface area (Å²) in [5.74, 6) is -1.26. The summed E-state index contributed by atoms with van der Waals surface area (Å²) in [4.78, 5) is 28.2. The van der Waals surface area contributed by atoms with Crippen molar-refractivity contribution < 1.29 is 29.5 Å². The second-order valence-electron chi connectivity index (χ2n) is 10.2. The van der Waals surface area contributed by atoms with E-state index in [2.05, 4.69) is 6.92 Å². The number of aromatic hydroxyl groups is 1. The highest BCUT2D eigenvalue weighted by Crippen LogP contribution is 2.50. The maximum absolute atomic E-state index is 13.6. The van der Waals surface area contributed by atoms with Gasteiger partial charge in [0, 0.05) is 11.5 Å². The molecule has 0 saturated carbocycles. The van der Waals surface area contributed by atoms with E-state index in [4.69, 9.17) is 4.74 Å². The molecule has 2 fully saturated rings. The van der Waals surface area contributed by atoms with Crippen LogP contribution in [0.15, 0.2) is 65.3 Å². The Bertz CT molecular complexity index is 1280. The van der Waals surface area contributed by atoms with Crippen LogP contribution in [0.1, 0.15) is 45.1 Å². The van der Waals surface area contributed by atoms with Crippen LogP contribution in [0.25, 0.3) is 6.08 Å². The molecule has 192 valence electrons. The number of phenols is 1. The number of rotatable bonds is 7. The minimum Gasteiger partial charge on any atom is -0.507 e. The maximum atomic E-state index is 13.6. The summed E-state index contributed by atoms with van der Waals surface area (Å²) in [6, 6.07) is 13.6. The lowest BCUT2D eigenvalue weighted by atomic mass is 9.70. The van der Waals surface area contributed by atoms with Gasteiger partial charge >= 0.3 is 7.12 Å². The number of imide groups is 1. The Hall–Kier alpha value is -3.20. The molecule has 1 aliphatic carbocycles. The Morgan fingerprint density at radius 2 is 1.89 bits per heavy atom. The van der Waals surface area contributed by atoms with E-state index in [1.807, 2.05) is 25.1 Å². The largest absolute Gasteiger partial charge is 0.507 e. The van der Waals surface area contributed by atoms with Crippen LogP contribution >= 0.6 is 0 Å². The van der Waals surface area contributed by atoms with Crippen molar-refractivity contribution in [2.75, 3.05) is 11.5 Å². The monoisotopic (exact) mass is 501 g/mol. The lowest BCUT2D eigenvalue weighted by molar-refractivity contribution is -0.122. The fraction of sp³-hybridized carbons (Fsp3) is 0.379. The number of para-hydroxylation sites is 1. The van der Waals surface area contributed by atoms with Crippen molar-refractivity contribution in [3.8, 4) is 5.75 Å². The van der Waals surface area contributed by atoms with Gasteiger partial charge in [0.05, 0.1) is 30.2 Å². The summed E-state index contributed by atoms with van der Waals surface area (Å²) >= 11 is 0. The summed E-state index contributed by atoms with van der Waals surface area (Å²) in [6.45, 7) is 4.55. The van der Waals surface area contributed by atoms with E-state index >= 15 is 0 Å². The average molecular weight is 501 g/mol. The smallest absolute Gasteiger partial charge is 0.488 e. The second kappa shape index (κ2) is 10.3. The Kier molecular flexibility index (Phi) is 7.07. The third-order valence-electron chi connectivity index (χ3n) is 8.06. The summed E-state index contributed by atoms with van der Waals surface area (Å²) in [7, 11) is -1.68. The van der Waals surface area contributed by atoms with Gasteiger partial charge in [-0.3, -0.25) is 14.5 Å². The number of carbonyl (C=O) groups is 2. The number of phenolic OH excluding ortho intramolecular Hbond substituents is 1. The quantitative estimate of drug-likeness (QED) is 0.306. The standard InChI is InChI=1S/C29H32BNO6/c1-3-18(14-19-7-4-5-10-24(19)32)11-12-25-26-17(2)13-22-27(23(26)16-37-25)29(34)31(28(22)33)21-9-6-8-20(15-21)30(35)36/h4-10,14-15,22-23,25,27,32,35-36H,3,11-13,16H2,1-2H3/b18-14+/t22-,23+,25-,27-/m1/s1. The zero-order chi connectivity index (χ0) is 26.3. The lowest BCUT2D eigenvalue weighted by Crippen LogP contribution is -2.35. The molecule has 5 rings (SSSR count). The predicted octanol–water partition coefficient (Wildman–Crippen LogP) is 3.19. The molecule has 4 atom stereocenters. The highest BCUT2D eigenvalue weighted by molar-refractivity contribution is 6.58. The van der Waals surface area contributed by atoms with Gasteiger partial charge in [-0.2, -0.15) is 0 Å². The van der Waals surface area contributed by atoms with Crippen molar-refractivity contribution in [3.05, 3.63) is 70.8 Å². The fourth-order valence-electron chi connectivity index (χ4n) is 6.21. The van der Waals surface area contributed by atoms with E-state index in [0.29, 0.717) is 18.7 Å². The van der Waals surface area contributed by atoms with Gasteiger partial charge in [0.15, 0.2) is 0 Å². The average Bonchev–Trinajstić information content (AvgIpc) is 3.42. The third-order valence-corrected chi connectivity index (χ3v) is 8.06. The maximum Gasteiger partial charge on any atom is 0.488 e. The molecule has 2 heterocycles. The number of hydrogen-bond acceptors (Lipinski definition) is 6. The van der Waals surface area contributed by atoms with Gasteiger partial charge in [-0.05, 0) is 61.8 Å². The van der Waals surface area contributed by atoms with Crippen LogP contribution in [0.3, 0.4) is 0 Å². The molecule has 0 unspecified atom stereocenters. The molecule has 3 N–H and O–H groups in total. The van der Waals surface area contributed by atoms with Crippen LogP contribution < -0.4 is 10.4 Å². The molecule has 0 aromatic heterocycles. The van der Waals surface area contributed by atoms with E-state index in [1.54, 1.807) is 30.3 Å². The number of hydrogen-bond donors (Lipinski definition) is 3. The van der Waals surface area contributed by atoms with Gasteiger partial charge in [-0.1, -0.05) is 54.5 Å². The Balaban J connectivity index is 1.35.